The summed E-state index contributed by atoms with van der Waals surface area (Å²) in [6, 6.07) is 0.187. The van der Waals surface area contributed by atoms with Crippen LogP contribution in [0.4, 0.5) is 0 Å². The van der Waals surface area contributed by atoms with Gasteiger partial charge in [0.2, 0.25) is 0 Å². The van der Waals surface area contributed by atoms with Crippen molar-refractivity contribution >= 4 is 12.4 Å². The van der Waals surface area contributed by atoms with E-state index in [2.05, 4.69) is 23.9 Å². The molecule has 0 radical (unpaired) electrons. The number of hydrogen-bond acceptors (Lipinski definition) is 3. The average Bonchev–Trinajstić information content (AvgIpc) is 2.37. The van der Waals surface area contributed by atoms with Crippen LogP contribution in [0.2, 0.25) is 0 Å². The first-order valence-corrected chi connectivity index (χ1v) is 4.26. The Kier molecular flexibility index (Phi) is 5.66. The van der Waals surface area contributed by atoms with Crippen LogP contribution in [0.25, 0.3) is 0 Å². The fraction of sp³-hybridized carbons (Fsp3) is 0.750. The average molecular weight is 205 g/mol. The van der Waals surface area contributed by atoms with Crippen LogP contribution in [0.3, 0.4) is 0 Å². The van der Waals surface area contributed by atoms with Crippen molar-refractivity contribution in [3.05, 3.63) is 12.7 Å². The molecule has 0 aliphatic heterocycles. The molecule has 0 aliphatic carbocycles. The van der Waals surface area contributed by atoms with Crippen molar-refractivity contribution in [2.24, 2.45) is 11.7 Å². The molecule has 1 aromatic rings. The highest BCUT2D eigenvalue weighted by molar-refractivity contribution is 5.85. The van der Waals surface area contributed by atoms with E-state index in [1.54, 1.807) is 11.0 Å². The highest BCUT2D eigenvalue weighted by Crippen LogP contribution is 2.03. The van der Waals surface area contributed by atoms with Crippen molar-refractivity contribution in [3.8, 4) is 0 Å². The molecule has 0 unspecified atom stereocenters. The maximum atomic E-state index is 5.88. The Morgan fingerprint density at radius 2 is 2.15 bits per heavy atom. The van der Waals surface area contributed by atoms with Crippen LogP contribution in [-0.4, -0.2) is 20.8 Å². The van der Waals surface area contributed by atoms with E-state index in [0.717, 1.165) is 13.0 Å². The van der Waals surface area contributed by atoms with Gasteiger partial charge in [0.25, 0.3) is 0 Å². The standard InChI is InChI=1S/C8H16N4.ClH/c1-7(2)3-8(9)4-12-6-10-5-11-12;/h5-8H,3-4,9H2,1-2H3;1H/t8-;/m0./s1. The Bertz CT molecular complexity index is 210. The summed E-state index contributed by atoms with van der Waals surface area (Å²) in [6.45, 7) is 5.10. The predicted octanol–water partition coefficient (Wildman–Crippen LogP) is 1.07. The highest BCUT2D eigenvalue weighted by Gasteiger charge is 2.05. The zero-order valence-corrected chi connectivity index (χ0v) is 8.87. The fourth-order valence-corrected chi connectivity index (χ4v) is 1.25. The quantitative estimate of drug-likeness (QED) is 0.799. The third-order valence-electron chi connectivity index (χ3n) is 1.66. The number of aromatic nitrogens is 3. The number of rotatable bonds is 4. The van der Waals surface area contributed by atoms with Crippen LogP contribution in [-0.2, 0) is 6.54 Å². The number of nitrogens with two attached hydrogens (primary N) is 1. The van der Waals surface area contributed by atoms with Crippen molar-refractivity contribution in [2.45, 2.75) is 32.9 Å². The van der Waals surface area contributed by atoms with Crippen LogP contribution in [0.15, 0.2) is 12.7 Å². The highest BCUT2D eigenvalue weighted by atomic mass is 35.5. The molecule has 0 saturated heterocycles. The van der Waals surface area contributed by atoms with Gasteiger partial charge in [0.1, 0.15) is 12.7 Å². The van der Waals surface area contributed by atoms with E-state index in [4.69, 9.17) is 5.73 Å². The molecular weight excluding hydrogens is 188 g/mol. The Morgan fingerprint density at radius 3 is 2.62 bits per heavy atom. The lowest BCUT2D eigenvalue weighted by molar-refractivity contribution is 0.428. The largest absolute Gasteiger partial charge is 0.326 e. The van der Waals surface area contributed by atoms with Gasteiger partial charge in [-0.05, 0) is 12.3 Å². The number of hydrogen-bond donors (Lipinski definition) is 1. The molecule has 5 heteroatoms. The first-order chi connectivity index (χ1) is 5.68. The summed E-state index contributed by atoms with van der Waals surface area (Å²) in [7, 11) is 0. The molecule has 13 heavy (non-hydrogen) atoms. The van der Waals surface area contributed by atoms with E-state index >= 15 is 0 Å². The van der Waals surface area contributed by atoms with Gasteiger partial charge in [0.05, 0.1) is 6.54 Å². The van der Waals surface area contributed by atoms with E-state index in [1.165, 1.54) is 6.33 Å². The normalized spacial score (nSPS) is 12.6. The predicted molar refractivity (Wildman–Crippen MR) is 54.7 cm³/mol. The zero-order chi connectivity index (χ0) is 8.97. The van der Waals surface area contributed by atoms with Crippen LogP contribution >= 0.6 is 12.4 Å². The second kappa shape index (κ2) is 5.94. The smallest absolute Gasteiger partial charge is 0.137 e. The van der Waals surface area contributed by atoms with Crippen molar-refractivity contribution in [2.75, 3.05) is 0 Å². The molecule has 2 N–H and O–H groups in total. The van der Waals surface area contributed by atoms with E-state index in [0.29, 0.717) is 5.92 Å². The molecule has 1 heterocycles. The molecule has 0 saturated carbocycles. The Hall–Kier alpha value is -0.610. The molecule has 1 aromatic heterocycles. The fourth-order valence-electron chi connectivity index (χ4n) is 1.25. The van der Waals surface area contributed by atoms with Crippen LogP contribution in [0, 0.1) is 5.92 Å². The second-order valence-corrected chi connectivity index (χ2v) is 3.51. The van der Waals surface area contributed by atoms with Crippen molar-refractivity contribution in [3.63, 3.8) is 0 Å². The monoisotopic (exact) mass is 204 g/mol. The van der Waals surface area contributed by atoms with Gasteiger partial charge in [-0.1, -0.05) is 13.8 Å². The summed E-state index contributed by atoms with van der Waals surface area (Å²) in [6.07, 6.45) is 4.25. The zero-order valence-electron chi connectivity index (χ0n) is 8.05. The molecule has 0 aromatic carbocycles. The summed E-state index contributed by atoms with van der Waals surface area (Å²) < 4.78 is 1.77. The maximum absolute atomic E-state index is 5.88. The van der Waals surface area contributed by atoms with E-state index in [1.807, 2.05) is 0 Å². The van der Waals surface area contributed by atoms with Crippen LogP contribution in [0.1, 0.15) is 20.3 Å². The van der Waals surface area contributed by atoms with Gasteiger partial charge < -0.3 is 5.73 Å². The van der Waals surface area contributed by atoms with Crippen molar-refractivity contribution in [1.82, 2.24) is 14.8 Å². The van der Waals surface area contributed by atoms with E-state index in [-0.39, 0.29) is 18.4 Å². The molecule has 0 spiro atoms. The Morgan fingerprint density at radius 1 is 1.46 bits per heavy atom. The van der Waals surface area contributed by atoms with Gasteiger partial charge in [-0.3, -0.25) is 4.68 Å². The molecule has 1 atom stereocenters. The first kappa shape index (κ1) is 12.4. The van der Waals surface area contributed by atoms with Gasteiger partial charge in [-0.2, -0.15) is 5.10 Å². The summed E-state index contributed by atoms with van der Waals surface area (Å²) >= 11 is 0. The topological polar surface area (TPSA) is 56.7 Å². The molecule has 0 bridgehead atoms. The summed E-state index contributed by atoms with van der Waals surface area (Å²) in [5, 5.41) is 3.99. The summed E-state index contributed by atoms with van der Waals surface area (Å²) in [4.78, 5) is 3.85. The molecule has 0 aliphatic rings. The van der Waals surface area contributed by atoms with Crippen LogP contribution in [0.5, 0.6) is 0 Å². The second-order valence-electron chi connectivity index (χ2n) is 3.51. The molecule has 76 valence electrons. The van der Waals surface area contributed by atoms with Gasteiger partial charge >= 0.3 is 0 Å². The molecule has 4 nitrogen and oxygen atoms in total. The van der Waals surface area contributed by atoms with Gasteiger partial charge in [-0.25, -0.2) is 4.98 Å². The Balaban J connectivity index is 0.00000144. The van der Waals surface area contributed by atoms with Crippen molar-refractivity contribution in [1.29, 1.82) is 0 Å². The maximum Gasteiger partial charge on any atom is 0.137 e. The number of halogens is 1. The van der Waals surface area contributed by atoms with E-state index < -0.39 is 0 Å². The van der Waals surface area contributed by atoms with E-state index in [9.17, 15) is 0 Å². The molecular formula is C8H17ClN4. The first-order valence-electron chi connectivity index (χ1n) is 4.26. The molecule has 0 fully saturated rings. The lowest BCUT2D eigenvalue weighted by atomic mass is 10.1. The minimum Gasteiger partial charge on any atom is -0.326 e. The van der Waals surface area contributed by atoms with Gasteiger partial charge in [-0.15, -0.1) is 12.4 Å². The summed E-state index contributed by atoms with van der Waals surface area (Å²) in [5.41, 5.74) is 5.88. The minimum absolute atomic E-state index is 0. The van der Waals surface area contributed by atoms with Crippen LogP contribution < -0.4 is 5.73 Å². The molecule has 0 amide bonds. The third-order valence-corrected chi connectivity index (χ3v) is 1.66. The Labute approximate surface area is 84.9 Å². The molecule has 1 rings (SSSR count). The summed E-state index contributed by atoms with van der Waals surface area (Å²) in [5.74, 6) is 0.642. The number of nitrogens with zero attached hydrogens (tertiary/aromatic N) is 3. The van der Waals surface area contributed by atoms with Gasteiger partial charge in [0, 0.05) is 6.04 Å². The third kappa shape index (κ3) is 4.85. The minimum atomic E-state index is 0. The lowest BCUT2D eigenvalue weighted by Gasteiger charge is -2.12. The van der Waals surface area contributed by atoms with Gasteiger partial charge in [0.15, 0.2) is 0 Å². The van der Waals surface area contributed by atoms with Crippen molar-refractivity contribution < 1.29 is 0 Å². The SMILES string of the molecule is CC(C)C[C@H](N)Cn1cncn1.Cl. The lowest BCUT2D eigenvalue weighted by Crippen LogP contribution is -2.27.